The van der Waals surface area contributed by atoms with E-state index in [1.165, 1.54) is 11.8 Å². The minimum Gasteiger partial charge on any atom is -0.325 e. The van der Waals surface area contributed by atoms with Crippen molar-refractivity contribution in [2.45, 2.75) is 30.8 Å². The molecule has 0 fully saturated rings. The first kappa shape index (κ1) is 14.9. The lowest BCUT2D eigenvalue weighted by molar-refractivity contribution is -0.115. The lowest BCUT2D eigenvalue weighted by Crippen LogP contribution is -2.22. The predicted molar refractivity (Wildman–Crippen MR) is 81.1 cm³/mol. The zero-order valence-electron chi connectivity index (χ0n) is 11.2. The van der Waals surface area contributed by atoms with E-state index >= 15 is 0 Å². The molecule has 1 atom stereocenters. The van der Waals surface area contributed by atoms with Gasteiger partial charge in [-0.15, -0.1) is 10.2 Å². The first-order chi connectivity index (χ1) is 9.60. The molecule has 5 nitrogen and oxygen atoms in total. The highest BCUT2D eigenvalue weighted by Crippen LogP contribution is 2.22. The molecule has 0 saturated heterocycles. The summed E-state index contributed by atoms with van der Waals surface area (Å²) in [5, 5.41) is 11.8. The number of aryl methyl sites for hydroxylation is 1. The Morgan fingerprint density at radius 1 is 1.45 bits per heavy atom. The van der Waals surface area contributed by atoms with Crippen LogP contribution in [0.1, 0.15) is 13.8 Å². The molecule has 2 aromatic rings. The lowest BCUT2D eigenvalue weighted by Gasteiger charge is -2.11. The van der Waals surface area contributed by atoms with Crippen LogP contribution in [0.2, 0.25) is 5.02 Å². The summed E-state index contributed by atoms with van der Waals surface area (Å²) in [5.41, 5.74) is 0.726. The van der Waals surface area contributed by atoms with Gasteiger partial charge in [0.25, 0.3) is 0 Å². The molecule has 0 aliphatic carbocycles. The first-order valence-corrected chi connectivity index (χ1v) is 7.46. The Morgan fingerprint density at radius 2 is 2.15 bits per heavy atom. The molecule has 7 heteroatoms. The summed E-state index contributed by atoms with van der Waals surface area (Å²) in [5.74, 6) is -0.0806. The fourth-order valence-corrected chi connectivity index (χ4v) is 2.56. The highest BCUT2D eigenvalue weighted by molar-refractivity contribution is 8.00. The van der Waals surface area contributed by atoms with Gasteiger partial charge in [0.2, 0.25) is 5.91 Å². The molecule has 2 rings (SSSR count). The van der Waals surface area contributed by atoms with Gasteiger partial charge in [0.1, 0.15) is 6.33 Å². The average Bonchev–Trinajstić information content (AvgIpc) is 2.88. The van der Waals surface area contributed by atoms with Gasteiger partial charge in [0.15, 0.2) is 5.16 Å². The minimum atomic E-state index is -0.264. The molecule has 0 saturated carbocycles. The summed E-state index contributed by atoms with van der Waals surface area (Å²) in [6.07, 6.45) is 1.66. The number of aromatic nitrogens is 3. The number of thioether (sulfide) groups is 1. The Kier molecular flexibility index (Phi) is 5.03. The maximum atomic E-state index is 12.1. The Morgan fingerprint density at radius 3 is 2.80 bits per heavy atom. The molecular formula is C13H15ClN4OS. The molecule has 106 valence electrons. The third kappa shape index (κ3) is 3.74. The Labute approximate surface area is 126 Å². The molecule has 0 aliphatic rings. The summed E-state index contributed by atoms with van der Waals surface area (Å²) < 4.78 is 1.90. The molecule has 1 aromatic carbocycles. The number of carbonyl (C=O) groups is 1. The van der Waals surface area contributed by atoms with E-state index in [-0.39, 0.29) is 11.2 Å². The fraction of sp³-hybridized carbons (Fsp3) is 0.308. The Balaban J connectivity index is 1.97. The van der Waals surface area contributed by atoms with E-state index in [0.717, 1.165) is 17.4 Å². The van der Waals surface area contributed by atoms with Crippen LogP contribution in [0.5, 0.6) is 0 Å². The van der Waals surface area contributed by atoms with Crippen LogP contribution in [0.25, 0.3) is 0 Å². The molecule has 0 bridgehead atoms. The van der Waals surface area contributed by atoms with Gasteiger partial charge in [-0.1, -0.05) is 23.4 Å². The molecule has 0 radical (unpaired) electrons. The Bertz CT molecular complexity index is 584. The second kappa shape index (κ2) is 6.76. The van der Waals surface area contributed by atoms with Crippen LogP contribution < -0.4 is 5.32 Å². The summed E-state index contributed by atoms with van der Waals surface area (Å²) in [6.45, 7) is 4.62. The summed E-state index contributed by atoms with van der Waals surface area (Å²) in [6, 6.07) is 7.02. The van der Waals surface area contributed by atoms with Gasteiger partial charge in [-0.2, -0.15) is 0 Å². The number of halogens is 1. The van der Waals surface area contributed by atoms with Crippen LogP contribution in [0, 0.1) is 0 Å². The van der Waals surface area contributed by atoms with Gasteiger partial charge in [0, 0.05) is 17.3 Å². The van der Waals surface area contributed by atoms with Crippen molar-refractivity contribution in [1.82, 2.24) is 14.8 Å². The monoisotopic (exact) mass is 310 g/mol. The summed E-state index contributed by atoms with van der Waals surface area (Å²) in [4.78, 5) is 12.1. The van der Waals surface area contributed by atoms with E-state index in [4.69, 9.17) is 11.6 Å². The summed E-state index contributed by atoms with van der Waals surface area (Å²) in [7, 11) is 0. The molecule has 1 heterocycles. The van der Waals surface area contributed by atoms with E-state index in [2.05, 4.69) is 15.5 Å². The van der Waals surface area contributed by atoms with Crippen molar-refractivity contribution in [2.75, 3.05) is 5.32 Å². The van der Waals surface area contributed by atoms with Crippen LogP contribution in [0.4, 0.5) is 5.69 Å². The highest BCUT2D eigenvalue weighted by Gasteiger charge is 2.17. The van der Waals surface area contributed by atoms with Gasteiger partial charge < -0.3 is 9.88 Å². The third-order valence-corrected chi connectivity index (χ3v) is 4.03. The van der Waals surface area contributed by atoms with E-state index in [9.17, 15) is 4.79 Å². The predicted octanol–water partition coefficient (Wildman–Crippen LogP) is 3.07. The SMILES string of the molecule is CCn1cnnc1S[C@@H](C)C(=O)Nc1ccc(Cl)cc1. The van der Waals surface area contributed by atoms with Crippen molar-refractivity contribution in [3.8, 4) is 0 Å². The highest BCUT2D eigenvalue weighted by atomic mass is 35.5. The molecule has 1 N–H and O–H groups in total. The van der Waals surface area contributed by atoms with Crippen LogP contribution >= 0.6 is 23.4 Å². The topological polar surface area (TPSA) is 59.8 Å². The molecule has 1 amide bonds. The van der Waals surface area contributed by atoms with Crippen molar-refractivity contribution in [1.29, 1.82) is 0 Å². The first-order valence-electron chi connectivity index (χ1n) is 6.21. The number of nitrogens with zero attached hydrogens (tertiary/aromatic N) is 3. The third-order valence-electron chi connectivity index (χ3n) is 2.68. The lowest BCUT2D eigenvalue weighted by atomic mass is 10.3. The number of nitrogens with one attached hydrogen (secondary N) is 1. The standard InChI is InChI=1S/C13H15ClN4OS/c1-3-18-8-15-17-13(18)20-9(2)12(19)16-11-6-4-10(14)5-7-11/h4-9H,3H2,1-2H3,(H,16,19)/t9-/m0/s1. The number of hydrogen-bond donors (Lipinski definition) is 1. The van der Waals surface area contributed by atoms with Gasteiger partial charge in [0.05, 0.1) is 5.25 Å². The number of amides is 1. The van der Waals surface area contributed by atoms with E-state index in [1.54, 1.807) is 30.6 Å². The van der Waals surface area contributed by atoms with Gasteiger partial charge in [-0.3, -0.25) is 4.79 Å². The zero-order chi connectivity index (χ0) is 14.5. The number of hydrogen-bond acceptors (Lipinski definition) is 4. The number of rotatable bonds is 5. The molecule has 0 aliphatic heterocycles. The van der Waals surface area contributed by atoms with Crippen LogP contribution in [0.3, 0.4) is 0 Å². The van der Waals surface area contributed by atoms with Crippen molar-refractivity contribution in [3.63, 3.8) is 0 Å². The molecule has 0 unspecified atom stereocenters. The number of anilines is 1. The summed E-state index contributed by atoms with van der Waals surface area (Å²) >= 11 is 7.19. The smallest absolute Gasteiger partial charge is 0.237 e. The van der Waals surface area contributed by atoms with Crippen molar-refractivity contribution < 1.29 is 4.79 Å². The molecule has 0 spiro atoms. The second-order valence-corrected chi connectivity index (χ2v) is 5.90. The average molecular weight is 311 g/mol. The van der Waals surface area contributed by atoms with Gasteiger partial charge in [-0.25, -0.2) is 0 Å². The van der Waals surface area contributed by atoms with Crippen LogP contribution in [-0.4, -0.2) is 25.9 Å². The fourth-order valence-electron chi connectivity index (χ4n) is 1.54. The van der Waals surface area contributed by atoms with Crippen molar-refractivity contribution in [2.24, 2.45) is 0 Å². The van der Waals surface area contributed by atoms with Gasteiger partial charge in [-0.05, 0) is 38.1 Å². The zero-order valence-corrected chi connectivity index (χ0v) is 12.8. The van der Waals surface area contributed by atoms with Crippen LogP contribution in [0.15, 0.2) is 35.7 Å². The Hall–Kier alpha value is -1.53. The van der Waals surface area contributed by atoms with E-state index < -0.39 is 0 Å². The maximum absolute atomic E-state index is 12.1. The van der Waals surface area contributed by atoms with Gasteiger partial charge >= 0.3 is 0 Å². The minimum absolute atomic E-state index is 0.0806. The maximum Gasteiger partial charge on any atom is 0.237 e. The number of benzene rings is 1. The van der Waals surface area contributed by atoms with Crippen molar-refractivity contribution >= 4 is 35.0 Å². The molecule has 20 heavy (non-hydrogen) atoms. The van der Waals surface area contributed by atoms with Crippen molar-refractivity contribution in [3.05, 3.63) is 35.6 Å². The van der Waals surface area contributed by atoms with E-state index in [0.29, 0.717) is 5.02 Å². The molecule has 1 aromatic heterocycles. The second-order valence-electron chi connectivity index (χ2n) is 4.16. The molecular weight excluding hydrogens is 296 g/mol. The normalized spacial score (nSPS) is 12.2. The van der Waals surface area contributed by atoms with E-state index in [1.807, 2.05) is 18.4 Å². The van der Waals surface area contributed by atoms with Crippen LogP contribution in [-0.2, 0) is 11.3 Å². The quantitative estimate of drug-likeness (QED) is 0.862. The number of carbonyl (C=O) groups excluding carboxylic acids is 1. The largest absolute Gasteiger partial charge is 0.325 e.